The number of rotatable bonds is 0. The summed E-state index contributed by atoms with van der Waals surface area (Å²) < 4.78 is 14.8. The van der Waals surface area contributed by atoms with Crippen LogP contribution in [-0.4, -0.2) is 15.2 Å². The van der Waals surface area contributed by atoms with Crippen molar-refractivity contribution >= 4 is 47.6 Å². The van der Waals surface area contributed by atoms with Crippen molar-refractivity contribution in [2.24, 2.45) is 4.99 Å². The number of aliphatic imine (C=N–C) groups is 1. The van der Waals surface area contributed by atoms with Crippen molar-refractivity contribution in [1.29, 1.82) is 0 Å². The highest BCUT2D eigenvalue weighted by atomic mass is 79.9. The number of nitrogens with zero attached hydrogens (tertiary/aromatic N) is 1. The Kier molecular flexibility index (Phi) is 2.44. The average Bonchev–Trinajstić information content (AvgIpc) is 2.29. The minimum atomic E-state index is -0.314. The van der Waals surface area contributed by atoms with Crippen molar-refractivity contribution in [2.75, 3.05) is 0 Å². The van der Waals surface area contributed by atoms with Crippen molar-refractivity contribution in [3.05, 3.63) is 22.5 Å². The van der Waals surface area contributed by atoms with E-state index in [1.807, 2.05) is 6.08 Å². The van der Waals surface area contributed by atoms with Crippen LogP contribution < -0.4 is 0 Å². The van der Waals surface area contributed by atoms with Gasteiger partial charge in [-0.2, -0.15) is 0 Å². The van der Waals surface area contributed by atoms with Crippen LogP contribution in [0.4, 0.5) is 4.39 Å². The predicted molar refractivity (Wildman–Crippen MR) is 57.7 cm³/mol. The van der Waals surface area contributed by atoms with Gasteiger partial charge < -0.3 is 0 Å². The van der Waals surface area contributed by atoms with Crippen LogP contribution >= 0.6 is 43.6 Å². The van der Waals surface area contributed by atoms with E-state index in [0.29, 0.717) is 0 Å². The highest BCUT2D eigenvalue weighted by Gasteiger charge is 2.33. The van der Waals surface area contributed by atoms with Gasteiger partial charge in [-0.25, -0.2) is 4.39 Å². The molecule has 0 N–H and O–H groups in total. The first-order valence-electron chi connectivity index (χ1n) is 3.31. The van der Waals surface area contributed by atoms with Crippen molar-refractivity contribution in [1.82, 2.24) is 0 Å². The largest absolute Gasteiger partial charge is 0.259 e. The van der Waals surface area contributed by atoms with E-state index < -0.39 is 0 Å². The topological polar surface area (TPSA) is 12.4 Å². The van der Waals surface area contributed by atoms with Crippen LogP contribution in [0.5, 0.6) is 0 Å². The van der Waals surface area contributed by atoms with E-state index in [1.165, 1.54) is 17.8 Å². The molecule has 0 amide bonds. The second-order valence-corrected chi connectivity index (χ2v) is 5.85. The number of hydrogen-bond acceptors (Lipinski definition) is 2. The first-order chi connectivity index (χ1) is 5.66. The standard InChI is InChI=1S/C7H4Br2FNS/c8-3-1-4(10)6-5(2-3)12-7(9)11-6/h1-2,5-6H. The van der Waals surface area contributed by atoms with Crippen LogP contribution in [0.25, 0.3) is 0 Å². The Bertz CT molecular complexity index is 311. The molecule has 0 aromatic carbocycles. The highest BCUT2D eigenvalue weighted by Crippen LogP contribution is 2.39. The van der Waals surface area contributed by atoms with Gasteiger partial charge in [-0.3, -0.25) is 4.99 Å². The van der Waals surface area contributed by atoms with E-state index in [4.69, 9.17) is 0 Å². The van der Waals surface area contributed by atoms with Gasteiger partial charge in [-0.05, 0) is 22.0 Å². The zero-order valence-corrected chi connectivity index (χ0v) is 9.79. The molecule has 2 unspecified atom stereocenters. The van der Waals surface area contributed by atoms with Crippen LogP contribution in [0.2, 0.25) is 0 Å². The Hall–Kier alpha value is 0.390. The maximum Gasteiger partial charge on any atom is 0.135 e. The summed E-state index contributed by atoms with van der Waals surface area (Å²) in [4.78, 5) is 4.11. The molecule has 0 aromatic rings. The summed E-state index contributed by atoms with van der Waals surface area (Å²) in [5, 5.41) is 0.110. The number of fused-ring (bicyclic) bond motifs is 1. The van der Waals surface area contributed by atoms with E-state index in [0.717, 1.165) is 8.44 Å². The molecule has 2 aliphatic rings. The molecule has 5 heteroatoms. The van der Waals surface area contributed by atoms with Crippen LogP contribution in [-0.2, 0) is 0 Å². The number of thioether (sulfide) groups is 1. The minimum Gasteiger partial charge on any atom is -0.259 e. The molecule has 0 bridgehead atoms. The molecule has 0 radical (unpaired) electrons. The Morgan fingerprint density at radius 3 is 3.00 bits per heavy atom. The van der Waals surface area contributed by atoms with Gasteiger partial charge in [0.15, 0.2) is 0 Å². The molecule has 0 saturated heterocycles. The van der Waals surface area contributed by atoms with Crippen molar-refractivity contribution in [3.8, 4) is 0 Å². The lowest BCUT2D eigenvalue weighted by Crippen LogP contribution is -2.18. The summed E-state index contributed by atoms with van der Waals surface area (Å²) in [7, 11) is 0. The van der Waals surface area contributed by atoms with Gasteiger partial charge in [0.25, 0.3) is 0 Å². The maximum atomic E-state index is 13.2. The van der Waals surface area contributed by atoms with Crippen LogP contribution in [0, 0.1) is 0 Å². The fourth-order valence-electron chi connectivity index (χ4n) is 1.16. The monoisotopic (exact) mass is 311 g/mol. The van der Waals surface area contributed by atoms with E-state index in [2.05, 4.69) is 36.9 Å². The average molecular weight is 313 g/mol. The van der Waals surface area contributed by atoms with Gasteiger partial charge in [0, 0.05) is 4.48 Å². The first-order valence-corrected chi connectivity index (χ1v) is 5.78. The van der Waals surface area contributed by atoms with Crippen molar-refractivity contribution in [3.63, 3.8) is 0 Å². The van der Waals surface area contributed by atoms with Crippen molar-refractivity contribution in [2.45, 2.75) is 11.3 Å². The lowest BCUT2D eigenvalue weighted by atomic mass is 10.1. The molecule has 0 aromatic heterocycles. The molecule has 12 heavy (non-hydrogen) atoms. The summed E-state index contributed by atoms with van der Waals surface area (Å²) in [5.41, 5.74) is 0. The Morgan fingerprint density at radius 2 is 2.25 bits per heavy atom. The molecule has 0 saturated carbocycles. The first kappa shape index (κ1) is 8.97. The zero-order valence-electron chi connectivity index (χ0n) is 5.80. The summed E-state index contributed by atoms with van der Waals surface area (Å²) >= 11 is 8.04. The fourth-order valence-corrected chi connectivity index (χ4v) is 3.64. The number of halogens is 3. The fraction of sp³-hybridized carbons (Fsp3) is 0.286. The summed E-state index contributed by atoms with van der Waals surface area (Å²) in [6.45, 7) is 0. The second kappa shape index (κ2) is 3.27. The third kappa shape index (κ3) is 1.54. The molecular formula is C7H4Br2FNS. The van der Waals surface area contributed by atoms with Crippen LogP contribution in [0.3, 0.4) is 0 Å². The smallest absolute Gasteiger partial charge is 0.135 e. The minimum absolute atomic E-state index is 0.110. The normalized spacial score (nSPS) is 33.8. The van der Waals surface area contributed by atoms with Gasteiger partial charge >= 0.3 is 0 Å². The number of allylic oxidation sites excluding steroid dienone is 2. The third-order valence-electron chi connectivity index (χ3n) is 1.67. The number of hydrogen-bond donors (Lipinski definition) is 0. The maximum absolute atomic E-state index is 13.2. The molecule has 0 fully saturated rings. The molecule has 1 aliphatic carbocycles. The van der Waals surface area contributed by atoms with E-state index in [1.54, 1.807) is 0 Å². The summed E-state index contributed by atoms with van der Waals surface area (Å²) in [6.07, 6.45) is 3.44. The van der Waals surface area contributed by atoms with Crippen LogP contribution in [0.15, 0.2) is 27.5 Å². The molecule has 0 spiro atoms. The molecule has 1 nitrogen and oxygen atoms in total. The van der Waals surface area contributed by atoms with Crippen LogP contribution in [0.1, 0.15) is 0 Å². The van der Waals surface area contributed by atoms with Gasteiger partial charge in [0.2, 0.25) is 0 Å². The van der Waals surface area contributed by atoms with Crippen molar-refractivity contribution < 1.29 is 4.39 Å². The Balaban J connectivity index is 2.33. The summed E-state index contributed by atoms with van der Waals surface area (Å²) in [5.74, 6) is -0.170. The molecule has 64 valence electrons. The third-order valence-corrected chi connectivity index (χ3v) is 3.89. The van der Waals surface area contributed by atoms with Gasteiger partial charge in [0.1, 0.15) is 15.8 Å². The lowest BCUT2D eigenvalue weighted by Gasteiger charge is -2.15. The lowest BCUT2D eigenvalue weighted by molar-refractivity contribution is 0.547. The molecule has 1 aliphatic heterocycles. The SMILES string of the molecule is FC1=CC(Br)=CC2SC(Br)=NC12. The molecule has 2 rings (SSSR count). The van der Waals surface area contributed by atoms with E-state index >= 15 is 0 Å². The van der Waals surface area contributed by atoms with E-state index in [-0.39, 0.29) is 17.1 Å². The Labute approximate surface area is 90.5 Å². The predicted octanol–water partition coefficient (Wildman–Crippen LogP) is 3.37. The second-order valence-electron chi connectivity index (χ2n) is 2.49. The Morgan fingerprint density at radius 1 is 1.50 bits per heavy atom. The van der Waals surface area contributed by atoms with Gasteiger partial charge in [0.05, 0.1) is 5.25 Å². The van der Waals surface area contributed by atoms with E-state index in [9.17, 15) is 4.39 Å². The summed E-state index contributed by atoms with van der Waals surface area (Å²) in [6, 6.07) is -0.314. The quantitative estimate of drug-likeness (QED) is 0.668. The van der Waals surface area contributed by atoms with Gasteiger partial charge in [-0.1, -0.05) is 33.8 Å². The molecular weight excluding hydrogens is 309 g/mol. The zero-order chi connectivity index (χ0) is 8.72. The highest BCUT2D eigenvalue weighted by molar-refractivity contribution is 9.22. The molecule has 1 heterocycles. The van der Waals surface area contributed by atoms with Gasteiger partial charge in [-0.15, -0.1) is 0 Å². The molecule has 2 atom stereocenters.